The highest BCUT2D eigenvalue weighted by Crippen LogP contribution is 2.34. The zero-order valence-corrected chi connectivity index (χ0v) is 10.5. The molecule has 0 aromatic heterocycles. The normalized spacial score (nSPS) is 11.6. The van der Waals surface area contributed by atoms with E-state index in [0.29, 0.717) is 11.1 Å². The van der Waals surface area contributed by atoms with Gasteiger partial charge in [-0.05, 0) is 48.2 Å². The molecule has 0 aliphatic carbocycles. The van der Waals surface area contributed by atoms with Crippen LogP contribution in [0.5, 0.6) is 5.75 Å². The van der Waals surface area contributed by atoms with Crippen molar-refractivity contribution < 1.29 is 18.3 Å². The van der Waals surface area contributed by atoms with E-state index in [1.54, 1.807) is 26.0 Å². The van der Waals surface area contributed by atoms with Crippen LogP contribution in [0.15, 0.2) is 36.4 Å². The molecule has 0 spiro atoms. The van der Waals surface area contributed by atoms with Gasteiger partial charge in [-0.2, -0.15) is 13.2 Å². The second-order valence-electron chi connectivity index (χ2n) is 4.48. The summed E-state index contributed by atoms with van der Waals surface area (Å²) < 4.78 is 37.4. The van der Waals surface area contributed by atoms with Crippen LogP contribution >= 0.6 is 0 Å². The third-order valence-corrected chi connectivity index (χ3v) is 3.16. The topological polar surface area (TPSA) is 20.2 Å². The minimum atomic E-state index is -4.33. The second-order valence-corrected chi connectivity index (χ2v) is 4.48. The molecule has 2 aromatic carbocycles. The van der Waals surface area contributed by atoms with Crippen LogP contribution in [-0.4, -0.2) is 5.11 Å². The number of alkyl halides is 3. The summed E-state index contributed by atoms with van der Waals surface area (Å²) in [6.07, 6.45) is -4.33. The number of aryl methyl sites for hydroxylation is 1. The van der Waals surface area contributed by atoms with E-state index >= 15 is 0 Å². The molecule has 19 heavy (non-hydrogen) atoms. The number of benzene rings is 2. The van der Waals surface area contributed by atoms with Gasteiger partial charge in [0.1, 0.15) is 5.75 Å². The van der Waals surface area contributed by atoms with Crippen molar-refractivity contribution >= 4 is 0 Å². The van der Waals surface area contributed by atoms with E-state index in [1.807, 2.05) is 0 Å². The smallest absolute Gasteiger partial charge is 0.416 e. The molecular formula is C15H13F3O. The van der Waals surface area contributed by atoms with Gasteiger partial charge in [-0.3, -0.25) is 0 Å². The van der Waals surface area contributed by atoms with Crippen molar-refractivity contribution in [3.05, 3.63) is 53.1 Å². The molecule has 0 aliphatic heterocycles. The first kappa shape index (κ1) is 13.5. The molecule has 0 atom stereocenters. The Morgan fingerprint density at radius 3 is 2.00 bits per heavy atom. The molecule has 4 heteroatoms. The minimum Gasteiger partial charge on any atom is -0.507 e. The molecule has 0 saturated heterocycles. The summed E-state index contributed by atoms with van der Waals surface area (Å²) in [6, 6.07) is 8.47. The Morgan fingerprint density at radius 2 is 1.47 bits per heavy atom. The maximum atomic E-state index is 12.5. The van der Waals surface area contributed by atoms with Crippen LogP contribution in [0.3, 0.4) is 0 Å². The Balaban J connectivity index is 2.46. The van der Waals surface area contributed by atoms with Gasteiger partial charge in [-0.25, -0.2) is 0 Å². The quantitative estimate of drug-likeness (QED) is 0.793. The van der Waals surface area contributed by atoms with Gasteiger partial charge in [-0.1, -0.05) is 24.3 Å². The largest absolute Gasteiger partial charge is 0.507 e. The van der Waals surface area contributed by atoms with Gasteiger partial charge in [0.05, 0.1) is 5.56 Å². The fraction of sp³-hybridized carbons (Fsp3) is 0.200. The van der Waals surface area contributed by atoms with Crippen molar-refractivity contribution in [1.29, 1.82) is 0 Å². The number of hydrogen-bond donors (Lipinski definition) is 1. The summed E-state index contributed by atoms with van der Waals surface area (Å²) in [5, 5.41) is 9.85. The predicted molar refractivity (Wildman–Crippen MR) is 68.0 cm³/mol. The zero-order chi connectivity index (χ0) is 14.2. The van der Waals surface area contributed by atoms with Gasteiger partial charge in [0.2, 0.25) is 0 Å². The lowest BCUT2D eigenvalue weighted by Crippen LogP contribution is -2.04. The lowest BCUT2D eigenvalue weighted by atomic mass is 9.97. The fourth-order valence-corrected chi connectivity index (χ4v) is 1.99. The van der Waals surface area contributed by atoms with Crippen LogP contribution in [0.1, 0.15) is 16.7 Å². The van der Waals surface area contributed by atoms with E-state index in [-0.39, 0.29) is 5.75 Å². The molecule has 0 fully saturated rings. The van der Waals surface area contributed by atoms with E-state index in [9.17, 15) is 18.3 Å². The maximum absolute atomic E-state index is 12.5. The van der Waals surface area contributed by atoms with Crippen molar-refractivity contribution in [2.24, 2.45) is 0 Å². The Hall–Kier alpha value is -1.97. The first-order valence-electron chi connectivity index (χ1n) is 5.77. The molecule has 0 amide bonds. The fourth-order valence-electron chi connectivity index (χ4n) is 1.99. The highest BCUT2D eigenvalue weighted by atomic mass is 19.4. The van der Waals surface area contributed by atoms with Gasteiger partial charge in [0.25, 0.3) is 0 Å². The lowest BCUT2D eigenvalue weighted by molar-refractivity contribution is -0.137. The summed E-state index contributed by atoms with van der Waals surface area (Å²) in [6.45, 7) is 3.52. The first-order chi connectivity index (χ1) is 8.80. The molecule has 100 valence electrons. The summed E-state index contributed by atoms with van der Waals surface area (Å²) in [4.78, 5) is 0. The predicted octanol–water partition coefficient (Wildman–Crippen LogP) is 4.69. The third kappa shape index (κ3) is 2.57. The van der Waals surface area contributed by atoms with E-state index in [1.165, 1.54) is 12.1 Å². The molecule has 0 unspecified atom stereocenters. The zero-order valence-electron chi connectivity index (χ0n) is 10.5. The molecular weight excluding hydrogens is 253 g/mol. The average molecular weight is 266 g/mol. The van der Waals surface area contributed by atoms with Gasteiger partial charge < -0.3 is 5.11 Å². The molecule has 1 nitrogen and oxygen atoms in total. The van der Waals surface area contributed by atoms with Crippen molar-refractivity contribution in [2.45, 2.75) is 20.0 Å². The standard InChI is InChI=1S/C15H13F3O/c1-9-3-8-13(10(2)14(9)19)11-4-6-12(7-5-11)15(16,17)18/h3-8,19H,1-2H3. The Morgan fingerprint density at radius 1 is 0.895 bits per heavy atom. The van der Waals surface area contributed by atoms with Crippen molar-refractivity contribution in [2.75, 3.05) is 0 Å². The van der Waals surface area contributed by atoms with E-state index in [4.69, 9.17) is 0 Å². The molecule has 0 saturated carbocycles. The lowest BCUT2D eigenvalue weighted by Gasteiger charge is -2.11. The molecule has 0 heterocycles. The van der Waals surface area contributed by atoms with Gasteiger partial charge in [0.15, 0.2) is 0 Å². The molecule has 0 bridgehead atoms. The number of phenolic OH excluding ortho intramolecular Hbond substituents is 1. The minimum absolute atomic E-state index is 0.178. The number of hydrogen-bond acceptors (Lipinski definition) is 1. The summed E-state index contributed by atoms with van der Waals surface area (Å²) in [5.41, 5.74) is 2.12. The Labute approximate surface area is 109 Å². The van der Waals surface area contributed by atoms with Crippen LogP contribution in [0, 0.1) is 13.8 Å². The SMILES string of the molecule is Cc1ccc(-c2ccc(C(F)(F)F)cc2)c(C)c1O. The third-order valence-electron chi connectivity index (χ3n) is 3.16. The van der Waals surface area contributed by atoms with E-state index in [2.05, 4.69) is 0 Å². The van der Waals surface area contributed by atoms with Crippen molar-refractivity contribution in [3.8, 4) is 16.9 Å². The highest BCUT2D eigenvalue weighted by Gasteiger charge is 2.30. The average Bonchev–Trinajstić information content (AvgIpc) is 2.35. The van der Waals surface area contributed by atoms with Crippen LogP contribution in [-0.2, 0) is 6.18 Å². The Bertz CT molecular complexity index is 598. The van der Waals surface area contributed by atoms with Crippen LogP contribution in [0.2, 0.25) is 0 Å². The number of aromatic hydroxyl groups is 1. The molecule has 0 aliphatic rings. The monoisotopic (exact) mass is 266 g/mol. The molecule has 0 radical (unpaired) electrons. The van der Waals surface area contributed by atoms with Crippen LogP contribution in [0.25, 0.3) is 11.1 Å². The first-order valence-corrected chi connectivity index (χ1v) is 5.77. The number of halogens is 3. The molecule has 1 N–H and O–H groups in total. The summed E-state index contributed by atoms with van der Waals surface area (Å²) in [5.74, 6) is 0.178. The van der Waals surface area contributed by atoms with Gasteiger partial charge >= 0.3 is 6.18 Å². The number of rotatable bonds is 1. The summed E-state index contributed by atoms with van der Waals surface area (Å²) in [7, 11) is 0. The maximum Gasteiger partial charge on any atom is 0.416 e. The Kier molecular flexibility index (Phi) is 3.27. The number of phenols is 1. The van der Waals surface area contributed by atoms with Crippen molar-refractivity contribution in [1.82, 2.24) is 0 Å². The van der Waals surface area contributed by atoms with Crippen molar-refractivity contribution in [3.63, 3.8) is 0 Å². The van der Waals surface area contributed by atoms with E-state index in [0.717, 1.165) is 23.3 Å². The van der Waals surface area contributed by atoms with Gasteiger partial charge in [-0.15, -0.1) is 0 Å². The highest BCUT2D eigenvalue weighted by molar-refractivity contribution is 5.70. The van der Waals surface area contributed by atoms with Crippen LogP contribution in [0.4, 0.5) is 13.2 Å². The second kappa shape index (κ2) is 4.61. The van der Waals surface area contributed by atoms with E-state index < -0.39 is 11.7 Å². The molecule has 2 aromatic rings. The van der Waals surface area contributed by atoms with Crippen LogP contribution < -0.4 is 0 Å². The van der Waals surface area contributed by atoms with Gasteiger partial charge in [0, 0.05) is 0 Å². The summed E-state index contributed by atoms with van der Waals surface area (Å²) >= 11 is 0. The molecule has 2 rings (SSSR count).